The fourth-order valence-electron chi connectivity index (χ4n) is 3.35. The quantitative estimate of drug-likeness (QED) is 0.669. The third-order valence-corrected chi connectivity index (χ3v) is 6.25. The summed E-state index contributed by atoms with van der Waals surface area (Å²) in [4.78, 5) is 22.1. The van der Waals surface area contributed by atoms with Crippen molar-refractivity contribution in [2.45, 2.75) is 24.9 Å². The Hall–Kier alpha value is -2.25. The van der Waals surface area contributed by atoms with Gasteiger partial charge in [-0.2, -0.15) is 0 Å². The molecule has 0 bridgehead atoms. The zero-order valence-electron chi connectivity index (χ0n) is 14.4. The summed E-state index contributed by atoms with van der Waals surface area (Å²) in [5.41, 5.74) is 2.03. The van der Waals surface area contributed by atoms with Gasteiger partial charge in [0.2, 0.25) is 0 Å². The molecule has 1 aliphatic carbocycles. The Morgan fingerprint density at radius 3 is 2.76 bits per heavy atom. The predicted molar refractivity (Wildman–Crippen MR) is 95.7 cm³/mol. The zero-order chi connectivity index (χ0) is 17.6. The number of nitrogens with zero attached hydrogens (tertiary/aromatic N) is 3. The van der Waals surface area contributed by atoms with Crippen LogP contribution < -0.4 is 0 Å². The zero-order valence-corrected chi connectivity index (χ0v) is 15.2. The van der Waals surface area contributed by atoms with Gasteiger partial charge in [-0.1, -0.05) is 0 Å². The standard InChI is InChI=1S/C18H19N3O3S/c1-21-13(16(22)23-2)9-12-11(5-8-19-15(12)21)14-10-20-17(25-14)18(24-3)6-4-7-18/h5,8-10H,4,6-7H2,1-3H3. The van der Waals surface area contributed by atoms with Crippen LogP contribution in [-0.4, -0.2) is 34.7 Å². The molecule has 0 aromatic carbocycles. The number of fused-ring (bicyclic) bond motifs is 1. The highest BCUT2D eigenvalue weighted by Gasteiger charge is 2.41. The molecule has 0 unspecified atom stereocenters. The summed E-state index contributed by atoms with van der Waals surface area (Å²) in [5, 5.41) is 1.94. The third-order valence-electron chi connectivity index (χ3n) is 5.04. The van der Waals surface area contributed by atoms with Crippen LogP contribution >= 0.6 is 11.3 Å². The fourth-order valence-corrected chi connectivity index (χ4v) is 4.53. The van der Waals surface area contributed by atoms with E-state index >= 15 is 0 Å². The average Bonchev–Trinajstić information content (AvgIpc) is 3.20. The SMILES string of the molecule is COC(=O)c1cc2c(-c3cnc(C4(OC)CCC4)s3)ccnc2n1C. The molecule has 0 saturated heterocycles. The Morgan fingerprint density at radius 2 is 2.12 bits per heavy atom. The van der Waals surface area contributed by atoms with Crippen molar-refractivity contribution in [3.8, 4) is 10.4 Å². The first kappa shape index (κ1) is 16.2. The predicted octanol–water partition coefficient (Wildman–Crippen LogP) is 3.51. The van der Waals surface area contributed by atoms with E-state index in [-0.39, 0.29) is 11.6 Å². The molecule has 0 spiro atoms. The van der Waals surface area contributed by atoms with Crippen LogP contribution in [-0.2, 0) is 22.1 Å². The maximum absolute atomic E-state index is 12.0. The number of pyridine rings is 1. The number of aromatic nitrogens is 3. The summed E-state index contributed by atoms with van der Waals surface area (Å²) < 4.78 is 12.4. The summed E-state index contributed by atoms with van der Waals surface area (Å²) in [7, 11) is 4.95. The molecule has 6 nitrogen and oxygen atoms in total. The molecule has 130 valence electrons. The van der Waals surface area contributed by atoms with Gasteiger partial charge in [-0.25, -0.2) is 14.8 Å². The Kier molecular flexibility index (Phi) is 3.85. The molecule has 7 heteroatoms. The number of rotatable bonds is 4. The van der Waals surface area contributed by atoms with Gasteiger partial charge < -0.3 is 14.0 Å². The molecule has 0 aliphatic heterocycles. The van der Waals surface area contributed by atoms with Crippen LogP contribution in [0.1, 0.15) is 34.8 Å². The number of esters is 1. The highest BCUT2D eigenvalue weighted by Crippen LogP contribution is 2.47. The lowest BCUT2D eigenvalue weighted by Gasteiger charge is -2.38. The normalized spacial score (nSPS) is 16.0. The van der Waals surface area contributed by atoms with E-state index in [4.69, 9.17) is 9.47 Å². The number of aryl methyl sites for hydroxylation is 1. The number of ether oxygens (including phenoxy) is 2. The summed E-state index contributed by atoms with van der Waals surface area (Å²) in [6.45, 7) is 0. The first-order valence-electron chi connectivity index (χ1n) is 8.14. The summed E-state index contributed by atoms with van der Waals surface area (Å²) >= 11 is 1.65. The largest absolute Gasteiger partial charge is 0.464 e. The average molecular weight is 357 g/mol. The molecule has 0 N–H and O–H groups in total. The van der Waals surface area contributed by atoms with Crippen molar-refractivity contribution in [2.24, 2.45) is 7.05 Å². The molecule has 3 heterocycles. The lowest BCUT2D eigenvalue weighted by Crippen LogP contribution is -2.35. The maximum Gasteiger partial charge on any atom is 0.354 e. The van der Waals surface area contributed by atoms with Crippen LogP contribution in [0.2, 0.25) is 0 Å². The van der Waals surface area contributed by atoms with Crippen molar-refractivity contribution < 1.29 is 14.3 Å². The van der Waals surface area contributed by atoms with Crippen LogP contribution in [0.25, 0.3) is 21.5 Å². The topological polar surface area (TPSA) is 66.2 Å². The van der Waals surface area contributed by atoms with Crippen LogP contribution in [0, 0.1) is 0 Å². The second kappa shape index (κ2) is 5.93. The van der Waals surface area contributed by atoms with Gasteiger partial charge >= 0.3 is 5.97 Å². The molecule has 0 radical (unpaired) electrons. The number of carbonyl (C=O) groups is 1. The van der Waals surface area contributed by atoms with Gasteiger partial charge in [0.15, 0.2) is 0 Å². The van der Waals surface area contributed by atoms with Crippen LogP contribution in [0.4, 0.5) is 0 Å². The molecule has 3 aromatic heterocycles. The fraction of sp³-hybridized carbons (Fsp3) is 0.389. The highest BCUT2D eigenvalue weighted by atomic mass is 32.1. The number of carbonyl (C=O) groups excluding carboxylic acids is 1. The number of hydrogen-bond acceptors (Lipinski definition) is 6. The van der Waals surface area contributed by atoms with E-state index in [1.807, 2.05) is 25.4 Å². The van der Waals surface area contributed by atoms with Gasteiger partial charge in [0.1, 0.15) is 21.9 Å². The molecular weight excluding hydrogens is 338 g/mol. The lowest BCUT2D eigenvalue weighted by molar-refractivity contribution is -0.0779. The maximum atomic E-state index is 12.0. The molecule has 1 aliphatic rings. The molecule has 1 fully saturated rings. The van der Waals surface area contributed by atoms with Crippen LogP contribution in [0.5, 0.6) is 0 Å². The van der Waals surface area contributed by atoms with Crippen molar-refractivity contribution in [1.82, 2.24) is 14.5 Å². The van der Waals surface area contributed by atoms with Crippen molar-refractivity contribution >= 4 is 28.3 Å². The van der Waals surface area contributed by atoms with E-state index in [2.05, 4.69) is 9.97 Å². The molecule has 1 saturated carbocycles. The van der Waals surface area contributed by atoms with Gasteiger partial charge in [-0.15, -0.1) is 11.3 Å². The minimum atomic E-state index is -0.371. The second-order valence-electron chi connectivity index (χ2n) is 6.26. The minimum Gasteiger partial charge on any atom is -0.464 e. The van der Waals surface area contributed by atoms with E-state index in [9.17, 15) is 4.79 Å². The van der Waals surface area contributed by atoms with E-state index < -0.39 is 0 Å². The molecule has 25 heavy (non-hydrogen) atoms. The highest BCUT2D eigenvalue weighted by molar-refractivity contribution is 7.15. The van der Waals surface area contributed by atoms with Crippen LogP contribution in [0.3, 0.4) is 0 Å². The Balaban J connectivity index is 1.82. The number of thiazole rings is 1. The second-order valence-corrected chi connectivity index (χ2v) is 7.29. The lowest BCUT2D eigenvalue weighted by atomic mass is 9.80. The molecule has 0 amide bonds. The van der Waals surface area contributed by atoms with Crippen LogP contribution in [0.15, 0.2) is 24.5 Å². The first-order chi connectivity index (χ1) is 12.1. The van der Waals surface area contributed by atoms with Crippen molar-refractivity contribution in [3.63, 3.8) is 0 Å². The molecule has 3 aromatic rings. The van der Waals surface area contributed by atoms with Crippen molar-refractivity contribution in [3.05, 3.63) is 35.2 Å². The first-order valence-corrected chi connectivity index (χ1v) is 8.96. The van der Waals surface area contributed by atoms with Gasteiger partial charge in [0, 0.05) is 37.5 Å². The Labute approximate surface area is 149 Å². The summed E-state index contributed by atoms with van der Waals surface area (Å²) in [5.74, 6) is -0.371. The summed E-state index contributed by atoms with van der Waals surface area (Å²) in [6, 6.07) is 3.79. The van der Waals surface area contributed by atoms with Gasteiger partial charge in [0.25, 0.3) is 0 Å². The van der Waals surface area contributed by atoms with Crippen molar-refractivity contribution in [1.29, 1.82) is 0 Å². The van der Waals surface area contributed by atoms with E-state index in [0.29, 0.717) is 5.69 Å². The van der Waals surface area contributed by atoms with Gasteiger partial charge in [-0.05, 0) is 31.4 Å². The van der Waals surface area contributed by atoms with Gasteiger partial charge in [-0.3, -0.25) is 0 Å². The Bertz CT molecular complexity index is 950. The molecular formula is C18H19N3O3S. The van der Waals surface area contributed by atoms with E-state index in [1.54, 1.807) is 29.2 Å². The van der Waals surface area contributed by atoms with E-state index in [0.717, 1.165) is 39.3 Å². The number of hydrogen-bond donors (Lipinski definition) is 0. The monoisotopic (exact) mass is 357 g/mol. The molecule has 0 atom stereocenters. The van der Waals surface area contributed by atoms with E-state index in [1.165, 1.54) is 13.5 Å². The Morgan fingerprint density at radius 1 is 1.32 bits per heavy atom. The molecule has 4 rings (SSSR count). The minimum absolute atomic E-state index is 0.219. The summed E-state index contributed by atoms with van der Waals surface area (Å²) in [6.07, 6.45) is 6.84. The number of methoxy groups -OCH3 is 2. The smallest absolute Gasteiger partial charge is 0.354 e. The third kappa shape index (κ3) is 2.38. The van der Waals surface area contributed by atoms with Crippen molar-refractivity contribution in [2.75, 3.05) is 14.2 Å². The van der Waals surface area contributed by atoms with Gasteiger partial charge in [0.05, 0.1) is 12.0 Å².